The molecule has 0 bridgehead atoms. The molecule has 0 atom stereocenters. The topological polar surface area (TPSA) is 82.6 Å². The molecule has 6 nitrogen and oxygen atoms in total. The Morgan fingerprint density at radius 2 is 1.66 bits per heavy atom. The highest BCUT2D eigenvalue weighted by Crippen LogP contribution is 2.41. The van der Waals surface area contributed by atoms with Crippen molar-refractivity contribution in [1.29, 1.82) is 0 Å². The maximum atomic E-state index is 10.7. The fourth-order valence-corrected chi connectivity index (χ4v) is 3.38. The Kier molecular flexibility index (Phi) is 6.64. The van der Waals surface area contributed by atoms with Crippen molar-refractivity contribution >= 4 is 15.8 Å². The molecule has 4 rings (SSSR count). The van der Waals surface area contributed by atoms with Gasteiger partial charge in [-0.05, 0) is 48.4 Å². The maximum absolute atomic E-state index is 10.7. The molecule has 2 aromatic carbocycles. The van der Waals surface area contributed by atoms with Crippen molar-refractivity contribution in [1.82, 2.24) is 4.98 Å². The number of hydrogen-bond donors (Lipinski definition) is 0. The summed E-state index contributed by atoms with van der Waals surface area (Å²) < 4.78 is 37.8. The molecule has 1 aliphatic heterocycles. The second-order valence-corrected chi connectivity index (χ2v) is 7.86. The van der Waals surface area contributed by atoms with Crippen molar-refractivity contribution in [3.63, 3.8) is 0 Å². The zero-order valence-corrected chi connectivity index (χ0v) is 16.6. The van der Waals surface area contributed by atoms with Gasteiger partial charge < -0.3 is 14.2 Å². The van der Waals surface area contributed by atoms with Crippen molar-refractivity contribution in [2.75, 3.05) is 17.2 Å². The zero-order chi connectivity index (χ0) is 20.7. The van der Waals surface area contributed by atoms with E-state index in [0.29, 0.717) is 18.2 Å². The number of benzene rings is 2. The monoisotopic (exact) mass is 409 g/mol. The van der Waals surface area contributed by atoms with Gasteiger partial charge in [0.25, 0.3) is 0 Å². The molecule has 0 saturated heterocycles. The van der Waals surface area contributed by atoms with Crippen LogP contribution in [0.2, 0.25) is 0 Å². The molecular weight excluding hydrogens is 388 g/mol. The summed E-state index contributed by atoms with van der Waals surface area (Å²) in [6.07, 6.45) is 3.73. The van der Waals surface area contributed by atoms with Crippen LogP contribution in [0.3, 0.4) is 0 Å². The van der Waals surface area contributed by atoms with Crippen LogP contribution in [-0.4, -0.2) is 30.3 Å². The van der Waals surface area contributed by atoms with Gasteiger partial charge >= 0.3 is 0 Å². The van der Waals surface area contributed by atoms with Gasteiger partial charge in [-0.2, -0.15) is 0 Å². The van der Waals surface area contributed by atoms with E-state index in [0.717, 1.165) is 16.8 Å². The minimum absolute atomic E-state index is 0.225. The first-order valence-electron chi connectivity index (χ1n) is 9.06. The average Bonchev–Trinajstić information content (AvgIpc) is 3.04. The van der Waals surface area contributed by atoms with Crippen LogP contribution in [0.15, 0.2) is 91.6 Å². The lowest BCUT2D eigenvalue weighted by atomic mass is 10.0. The van der Waals surface area contributed by atoms with E-state index in [1.807, 2.05) is 66.7 Å². The number of anilines is 1. The van der Waals surface area contributed by atoms with Crippen LogP contribution >= 0.6 is 0 Å². The lowest BCUT2D eigenvalue weighted by molar-refractivity contribution is 0.438. The molecule has 1 aromatic heterocycles. The van der Waals surface area contributed by atoms with Crippen LogP contribution in [0.4, 0.5) is 5.69 Å². The number of pyridine rings is 1. The first kappa shape index (κ1) is 20.6. The van der Waals surface area contributed by atoms with Gasteiger partial charge in [0.05, 0.1) is 15.8 Å². The van der Waals surface area contributed by atoms with Crippen LogP contribution in [0.1, 0.15) is 6.42 Å². The third kappa shape index (κ3) is 5.91. The average molecular weight is 409 g/mol. The molecule has 2 heterocycles. The summed E-state index contributed by atoms with van der Waals surface area (Å²) in [4.78, 5) is 5.58. The third-order valence-corrected chi connectivity index (χ3v) is 5.02. The summed E-state index contributed by atoms with van der Waals surface area (Å²) in [6.45, 7) is 4.21. The van der Waals surface area contributed by atoms with Gasteiger partial charge in [0, 0.05) is 24.7 Å². The van der Waals surface area contributed by atoms with Crippen LogP contribution in [0.25, 0.3) is 11.1 Å². The molecule has 150 valence electrons. The standard InChI is InChI=1S/C17H17NO4S.C5H5N/c1-13-18(10-5-11-23(19,20)21)16-12-15(8-9-17(16)22-13)14-6-3-2-4-7-14;1-2-4-6-5-3-1/h2-4,6-9,12H,1,5,10-11H2,(H,19,20,21);1-5H/p-1. The third-order valence-electron chi connectivity index (χ3n) is 4.23. The summed E-state index contributed by atoms with van der Waals surface area (Å²) in [7, 11) is -4.21. The molecule has 7 heteroatoms. The van der Waals surface area contributed by atoms with Crippen molar-refractivity contribution in [2.24, 2.45) is 0 Å². The Hall–Kier alpha value is -3.16. The first-order valence-corrected chi connectivity index (χ1v) is 10.6. The van der Waals surface area contributed by atoms with Crippen molar-refractivity contribution < 1.29 is 17.7 Å². The predicted octanol–water partition coefficient (Wildman–Crippen LogP) is 4.04. The van der Waals surface area contributed by atoms with Gasteiger partial charge in [0.15, 0.2) is 11.6 Å². The Labute approximate surface area is 170 Å². The van der Waals surface area contributed by atoms with E-state index >= 15 is 0 Å². The molecule has 0 aliphatic carbocycles. The van der Waals surface area contributed by atoms with Gasteiger partial charge in [-0.1, -0.05) is 42.5 Å². The van der Waals surface area contributed by atoms with E-state index in [9.17, 15) is 13.0 Å². The smallest absolute Gasteiger partial charge is 0.193 e. The van der Waals surface area contributed by atoms with Gasteiger partial charge in [-0.25, -0.2) is 8.42 Å². The van der Waals surface area contributed by atoms with E-state index in [4.69, 9.17) is 4.74 Å². The Morgan fingerprint density at radius 1 is 0.966 bits per heavy atom. The molecule has 3 aromatic rings. The Bertz CT molecular complexity index is 1030. The van der Waals surface area contributed by atoms with Gasteiger partial charge in [0.1, 0.15) is 0 Å². The highest BCUT2D eigenvalue weighted by atomic mass is 32.2. The summed E-state index contributed by atoms with van der Waals surface area (Å²) >= 11 is 0. The number of nitrogens with zero attached hydrogens (tertiary/aromatic N) is 2. The quantitative estimate of drug-likeness (QED) is 0.592. The molecule has 0 saturated carbocycles. The summed E-state index contributed by atoms with van der Waals surface area (Å²) in [5.74, 6) is 0.720. The Morgan fingerprint density at radius 3 is 2.24 bits per heavy atom. The molecular formula is C22H21N2O4S-. The van der Waals surface area contributed by atoms with Crippen molar-refractivity contribution in [3.8, 4) is 16.9 Å². The lowest BCUT2D eigenvalue weighted by Gasteiger charge is -2.18. The van der Waals surface area contributed by atoms with Crippen molar-refractivity contribution in [2.45, 2.75) is 6.42 Å². The van der Waals surface area contributed by atoms with E-state index in [2.05, 4.69) is 11.6 Å². The number of rotatable bonds is 5. The second kappa shape index (κ2) is 9.36. The molecule has 0 N–H and O–H groups in total. The van der Waals surface area contributed by atoms with E-state index in [-0.39, 0.29) is 6.42 Å². The van der Waals surface area contributed by atoms with Crippen LogP contribution in [-0.2, 0) is 10.1 Å². The molecule has 29 heavy (non-hydrogen) atoms. The van der Waals surface area contributed by atoms with Crippen molar-refractivity contribution in [3.05, 3.63) is 91.6 Å². The number of aromatic nitrogens is 1. The SMILES string of the molecule is C=C1Oc2ccc(-c3ccccc3)cc2N1CCCS(=O)(=O)[O-].c1ccncc1. The predicted molar refractivity (Wildman–Crippen MR) is 112 cm³/mol. The first-order chi connectivity index (χ1) is 13.9. The van der Waals surface area contributed by atoms with Gasteiger partial charge in [0.2, 0.25) is 0 Å². The molecule has 0 unspecified atom stereocenters. The van der Waals surface area contributed by atoms with E-state index < -0.39 is 15.9 Å². The molecule has 0 radical (unpaired) electrons. The fourth-order valence-electron chi connectivity index (χ4n) is 2.90. The molecule has 0 amide bonds. The van der Waals surface area contributed by atoms with E-state index in [1.165, 1.54) is 0 Å². The van der Waals surface area contributed by atoms with E-state index in [1.54, 1.807) is 17.3 Å². The fraction of sp³-hybridized carbons (Fsp3) is 0.136. The Balaban J connectivity index is 0.000000343. The second-order valence-electron chi connectivity index (χ2n) is 6.34. The summed E-state index contributed by atoms with van der Waals surface area (Å²) in [6, 6.07) is 21.4. The maximum Gasteiger partial charge on any atom is 0.193 e. The lowest BCUT2D eigenvalue weighted by Crippen LogP contribution is -2.22. The molecule has 1 aliphatic rings. The van der Waals surface area contributed by atoms with Crippen LogP contribution in [0.5, 0.6) is 5.75 Å². The highest BCUT2D eigenvalue weighted by molar-refractivity contribution is 7.85. The number of fused-ring (bicyclic) bond motifs is 1. The van der Waals surface area contributed by atoms with Gasteiger partial charge in [-0.15, -0.1) is 0 Å². The molecule has 0 fully saturated rings. The largest absolute Gasteiger partial charge is 0.748 e. The highest BCUT2D eigenvalue weighted by Gasteiger charge is 2.25. The number of hydrogen-bond acceptors (Lipinski definition) is 6. The minimum atomic E-state index is -4.21. The summed E-state index contributed by atoms with van der Waals surface area (Å²) in [5.41, 5.74) is 2.94. The van der Waals surface area contributed by atoms with Gasteiger partial charge in [-0.3, -0.25) is 4.98 Å². The normalized spacial score (nSPS) is 12.6. The van der Waals surface area contributed by atoms with Crippen LogP contribution < -0.4 is 9.64 Å². The summed E-state index contributed by atoms with van der Waals surface area (Å²) in [5, 5.41) is 0. The number of ether oxygens (including phenoxy) is 1. The minimum Gasteiger partial charge on any atom is -0.748 e. The van der Waals surface area contributed by atoms with Crippen LogP contribution in [0, 0.1) is 0 Å². The molecule has 0 spiro atoms. The zero-order valence-electron chi connectivity index (χ0n) is 15.8.